The highest BCUT2D eigenvalue weighted by Crippen LogP contribution is 2.34. The number of carbonyl (C=O) groups is 2. The lowest BCUT2D eigenvalue weighted by atomic mass is 9.87. The van der Waals surface area contributed by atoms with Gasteiger partial charge in [0.1, 0.15) is 5.82 Å². The van der Waals surface area contributed by atoms with E-state index in [0.717, 1.165) is 23.3 Å². The van der Waals surface area contributed by atoms with Crippen molar-refractivity contribution in [3.8, 4) is 0 Å². The van der Waals surface area contributed by atoms with Crippen molar-refractivity contribution >= 4 is 28.8 Å². The fourth-order valence-electron chi connectivity index (χ4n) is 4.19. The minimum atomic E-state index is -0.215. The molecule has 0 radical (unpaired) electrons. The van der Waals surface area contributed by atoms with E-state index in [9.17, 15) is 14.0 Å². The van der Waals surface area contributed by atoms with Gasteiger partial charge < -0.3 is 14.7 Å². The molecule has 2 aromatic rings. The number of hydrogen-bond acceptors (Lipinski definition) is 4. The number of amides is 2. The summed E-state index contributed by atoms with van der Waals surface area (Å²) >= 11 is 1.56. The molecule has 1 saturated heterocycles. The van der Waals surface area contributed by atoms with Crippen LogP contribution in [0.25, 0.3) is 0 Å². The van der Waals surface area contributed by atoms with E-state index in [-0.39, 0.29) is 23.5 Å². The van der Waals surface area contributed by atoms with Crippen LogP contribution in [0.5, 0.6) is 0 Å². The highest BCUT2D eigenvalue weighted by molar-refractivity contribution is 7.14. The number of aryl methyl sites for hydroxylation is 1. The summed E-state index contributed by atoms with van der Waals surface area (Å²) in [6.45, 7) is 2.52. The van der Waals surface area contributed by atoms with Crippen LogP contribution >= 0.6 is 11.3 Å². The summed E-state index contributed by atoms with van der Waals surface area (Å²) in [5.74, 6) is -0.0286. The molecule has 0 spiro atoms. The van der Waals surface area contributed by atoms with Gasteiger partial charge in [0, 0.05) is 51.1 Å². The molecule has 1 aliphatic heterocycles. The topological polar surface area (TPSA) is 43.9 Å². The number of carbonyl (C=O) groups excluding carboxylic acids is 2. The Morgan fingerprint density at radius 3 is 2.55 bits per heavy atom. The number of para-hydroxylation sites is 1. The summed E-state index contributed by atoms with van der Waals surface area (Å²) < 4.78 is 14.0. The van der Waals surface area contributed by atoms with Gasteiger partial charge in [-0.05, 0) is 43.0 Å². The lowest BCUT2D eigenvalue weighted by Gasteiger charge is -2.38. The number of thiophene rings is 1. The van der Waals surface area contributed by atoms with Crippen LogP contribution in [-0.2, 0) is 17.6 Å². The van der Waals surface area contributed by atoms with Gasteiger partial charge in [0.05, 0.1) is 10.6 Å². The van der Waals surface area contributed by atoms with E-state index in [1.807, 2.05) is 21.9 Å². The van der Waals surface area contributed by atoms with E-state index in [2.05, 4.69) is 0 Å². The van der Waals surface area contributed by atoms with Gasteiger partial charge in [-0.1, -0.05) is 12.1 Å². The number of hydrogen-bond donors (Lipinski definition) is 0. The van der Waals surface area contributed by atoms with Crippen LogP contribution in [0.15, 0.2) is 30.3 Å². The SMILES string of the molecule is CN(C)C(=O)c1cc2c(s1)CC[C@H](C(=O)N1CCN(c3ccccc3F)CC1)C2. The quantitative estimate of drug-likeness (QED) is 0.774. The highest BCUT2D eigenvalue weighted by atomic mass is 32.1. The minimum absolute atomic E-state index is 0.0246. The first-order valence-electron chi connectivity index (χ1n) is 10.1. The Labute approximate surface area is 174 Å². The first-order valence-corrected chi connectivity index (χ1v) is 10.9. The van der Waals surface area contributed by atoms with Crippen molar-refractivity contribution < 1.29 is 14.0 Å². The molecule has 2 aliphatic rings. The van der Waals surface area contributed by atoms with Gasteiger partial charge >= 0.3 is 0 Å². The molecule has 1 fully saturated rings. The second-order valence-electron chi connectivity index (χ2n) is 7.96. The molecule has 1 atom stereocenters. The van der Waals surface area contributed by atoms with Crippen LogP contribution in [0.3, 0.4) is 0 Å². The maximum atomic E-state index is 14.0. The first-order chi connectivity index (χ1) is 13.9. The molecule has 0 bridgehead atoms. The summed E-state index contributed by atoms with van der Waals surface area (Å²) in [5.41, 5.74) is 1.76. The van der Waals surface area contributed by atoms with Crippen LogP contribution < -0.4 is 4.90 Å². The van der Waals surface area contributed by atoms with Gasteiger partial charge in [-0.3, -0.25) is 9.59 Å². The van der Waals surface area contributed by atoms with E-state index in [4.69, 9.17) is 0 Å². The lowest BCUT2D eigenvalue weighted by molar-refractivity contribution is -0.136. The van der Waals surface area contributed by atoms with Gasteiger partial charge in [-0.25, -0.2) is 4.39 Å². The molecule has 0 unspecified atom stereocenters. The number of rotatable bonds is 3. The summed E-state index contributed by atoms with van der Waals surface area (Å²) in [7, 11) is 3.52. The van der Waals surface area contributed by atoms with E-state index in [0.29, 0.717) is 38.3 Å². The average Bonchev–Trinajstić information content (AvgIpc) is 3.16. The largest absolute Gasteiger partial charge is 0.366 e. The van der Waals surface area contributed by atoms with Crippen molar-refractivity contribution in [2.45, 2.75) is 19.3 Å². The molecule has 2 heterocycles. The molecule has 5 nitrogen and oxygen atoms in total. The van der Waals surface area contributed by atoms with Crippen LogP contribution in [0, 0.1) is 11.7 Å². The van der Waals surface area contributed by atoms with Crippen LogP contribution in [0.1, 0.15) is 26.5 Å². The number of benzene rings is 1. The molecule has 7 heteroatoms. The maximum Gasteiger partial charge on any atom is 0.263 e. The fourth-order valence-corrected chi connectivity index (χ4v) is 5.42. The molecule has 0 saturated carbocycles. The standard InChI is InChI=1S/C22H26FN3O2S/c1-24(2)22(28)20-14-16-13-15(7-8-19(16)29-20)21(27)26-11-9-25(10-12-26)18-6-4-3-5-17(18)23/h3-6,14-15H,7-13H2,1-2H3/t15-/m0/s1. The maximum absolute atomic E-state index is 14.0. The number of piperazine rings is 1. The van der Waals surface area contributed by atoms with Gasteiger partial charge in [0.15, 0.2) is 0 Å². The lowest BCUT2D eigenvalue weighted by Crippen LogP contribution is -2.51. The van der Waals surface area contributed by atoms with Crippen LogP contribution in [0.4, 0.5) is 10.1 Å². The Morgan fingerprint density at radius 1 is 1.14 bits per heavy atom. The van der Waals surface area contributed by atoms with Crippen molar-refractivity contribution in [2.24, 2.45) is 5.92 Å². The van der Waals surface area contributed by atoms with Gasteiger partial charge in [0.2, 0.25) is 5.91 Å². The third-order valence-electron chi connectivity index (χ3n) is 5.83. The van der Waals surface area contributed by atoms with Crippen molar-refractivity contribution in [1.82, 2.24) is 9.80 Å². The minimum Gasteiger partial charge on any atom is -0.366 e. The molecule has 29 heavy (non-hydrogen) atoms. The van der Waals surface area contributed by atoms with Crippen LogP contribution in [-0.4, -0.2) is 61.9 Å². The molecule has 4 rings (SSSR count). The molecule has 154 valence electrons. The van der Waals surface area contributed by atoms with E-state index >= 15 is 0 Å². The number of fused-ring (bicyclic) bond motifs is 1. The second kappa shape index (κ2) is 8.14. The Morgan fingerprint density at radius 2 is 1.86 bits per heavy atom. The Kier molecular flexibility index (Phi) is 5.58. The van der Waals surface area contributed by atoms with E-state index in [1.165, 1.54) is 10.9 Å². The average molecular weight is 416 g/mol. The first kappa shape index (κ1) is 19.9. The van der Waals surface area contributed by atoms with E-state index < -0.39 is 0 Å². The van der Waals surface area contributed by atoms with Crippen LogP contribution in [0.2, 0.25) is 0 Å². The Bertz CT molecular complexity index is 919. The Balaban J connectivity index is 1.38. The fraction of sp³-hybridized carbons (Fsp3) is 0.455. The van der Waals surface area contributed by atoms with Gasteiger partial charge in [-0.15, -0.1) is 11.3 Å². The zero-order valence-electron chi connectivity index (χ0n) is 16.9. The molecule has 0 N–H and O–H groups in total. The van der Waals surface area contributed by atoms with E-state index in [1.54, 1.807) is 42.5 Å². The Hall–Kier alpha value is -2.41. The van der Waals surface area contributed by atoms with Gasteiger partial charge in [0.25, 0.3) is 5.91 Å². The van der Waals surface area contributed by atoms with Crippen molar-refractivity contribution in [3.63, 3.8) is 0 Å². The summed E-state index contributed by atoms with van der Waals surface area (Å²) in [6, 6.07) is 8.77. The molecule has 1 aromatic carbocycles. The van der Waals surface area contributed by atoms with Crippen molar-refractivity contribution in [1.29, 1.82) is 0 Å². The molecule has 2 amide bonds. The predicted molar refractivity (Wildman–Crippen MR) is 113 cm³/mol. The number of nitrogens with zero attached hydrogens (tertiary/aromatic N) is 3. The predicted octanol–water partition coefficient (Wildman–Crippen LogP) is 3.04. The van der Waals surface area contributed by atoms with Crippen molar-refractivity contribution in [3.05, 3.63) is 51.5 Å². The molecular formula is C22H26FN3O2S. The smallest absolute Gasteiger partial charge is 0.263 e. The summed E-state index contributed by atoms with van der Waals surface area (Å²) in [4.78, 5) is 32.8. The van der Waals surface area contributed by atoms with Crippen molar-refractivity contribution in [2.75, 3.05) is 45.2 Å². The zero-order valence-corrected chi connectivity index (χ0v) is 17.7. The monoisotopic (exact) mass is 415 g/mol. The normalized spacial score (nSPS) is 19.1. The third kappa shape index (κ3) is 4.01. The number of anilines is 1. The second-order valence-corrected chi connectivity index (χ2v) is 9.10. The highest BCUT2D eigenvalue weighted by Gasteiger charge is 2.32. The molecule has 1 aromatic heterocycles. The summed E-state index contributed by atoms with van der Waals surface area (Å²) in [5, 5.41) is 0. The number of halogens is 1. The van der Waals surface area contributed by atoms with Gasteiger partial charge in [-0.2, -0.15) is 0 Å². The third-order valence-corrected chi connectivity index (χ3v) is 7.06. The summed E-state index contributed by atoms with van der Waals surface area (Å²) in [6.07, 6.45) is 2.39. The zero-order chi connectivity index (χ0) is 20.5. The molecular weight excluding hydrogens is 389 g/mol. The molecule has 1 aliphatic carbocycles.